The van der Waals surface area contributed by atoms with Gasteiger partial charge in [0.05, 0.1) is 31.0 Å². The highest BCUT2D eigenvalue weighted by Crippen LogP contribution is 2.53. The summed E-state index contributed by atoms with van der Waals surface area (Å²) in [7, 11) is 0. The smallest absolute Gasteiger partial charge is 0.284 e. The molecule has 5 heterocycles. The lowest BCUT2D eigenvalue weighted by Gasteiger charge is -2.43. The van der Waals surface area contributed by atoms with Gasteiger partial charge in [0, 0.05) is 46.8 Å². The molecule has 4 bridgehead atoms. The maximum atomic E-state index is 14.8. The Bertz CT molecular complexity index is 2460. The number of para-hydroxylation sites is 1. The van der Waals surface area contributed by atoms with Crippen LogP contribution in [0, 0.1) is 17.2 Å². The molecule has 1 amide bonds. The number of amides is 1. The van der Waals surface area contributed by atoms with Gasteiger partial charge in [-0.15, -0.1) is 0 Å². The Labute approximate surface area is 359 Å². The minimum atomic E-state index is -1.89. The fourth-order valence-corrected chi connectivity index (χ4v) is 9.80. The number of ketones is 2. The van der Waals surface area contributed by atoms with E-state index < -0.39 is 85.4 Å². The summed E-state index contributed by atoms with van der Waals surface area (Å²) in [4.78, 5) is 63.5. The normalized spacial score (nSPS) is 30.3. The van der Waals surface area contributed by atoms with E-state index in [1.54, 1.807) is 18.2 Å². The number of aliphatic hydroxyl groups is 6. The zero-order valence-corrected chi connectivity index (χ0v) is 33.7. The molecule has 3 aromatic rings. The van der Waals surface area contributed by atoms with Gasteiger partial charge >= 0.3 is 0 Å². The number of nitrogens with zero attached hydrogens (tertiary/aromatic N) is 2. The first kappa shape index (κ1) is 42.7. The fourth-order valence-electron chi connectivity index (χ4n) is 9.80. The van der Waals surface area contributed by atoms with Gasteiger partial charge in [0.1, 0.15) is 43.0 Å². The van der Waals surface area contributed by atoms with Crippen molar-refractivity contribution in [2.45, 2.75) is 81.1 Å². The summed E-state index contributed by atoms with van der Waals surface area (Å²) >= 11 is 0. The third kappa shape index (κ3) is 7.38. The number of fused-ring (bicyclic) bond motifs is 10. The molecule has 9 N–H and O–H groups in total. The number of benzene rings is 3. The Morgan fingerprint density at radius 1 is 0.968 bits per heavy atom. The van der Waals surface area contributed by atoms with E-state index >= 15 is 0 Å². The maximum absolute atomic E-state index is 14.8. The van der Waals surface area contributed by atoms with Gasteiger partial charge in [-0.3, -0.25) is 25.1 Å². The Hall–Kier alpha value is -5.61. The molecule has 11 unspecified atom stereocenters. The molecule has 19 nitrogen and oxygen atoms in total. The summed E-state index contributed by atoms with van der Waals surface area (Å²) in [6.07, 6.45) is -9.45. The lowest BCUT2D eigenvalue weighted by molar-refractivity contribution is -0.723. The molecule has 330 valence electrons. The molecule has 0 saturated carbocycles. The quantitative estimate of drug-likeness (QED) is 0.0847. The molecular formula is C44H46N5O14+. The number of quaternary nitrogens is 1. The maximum Gasteiger partial charge on any atom is 0.284 e. The van der Waals surface area contributed by atoms with Crippen molar-refractivity contribution < 1.29 is 73.7 Å². The number of aliphatic imine (C=N–C) groups is 2. The Kier molecular flexibility index (Phi) is 11.6. The van der Waals surface area contributed by atoms with Crippen LogP contribution >= 0.6 is 0 Å². The van der Waals surface area contributed by atoms with Gasteiger partial charge in [-0.25, -0.2) is 9.89 Å². The second kappa shape index (κ2) is 17.2. The molecule has 63 heavy (non-hydrogen) atoms. The molecule has 2 saturated heterocycles. The van der Waals surface area contributed by atoms with Crippen LogP contribution in [0.3, 0.4) is 0 Å². The van der Waals surface area contributed by atoms with E-state index in [2.05, 4.69) is 15.3 Å². The second-order valence-electron chi connectivity index (χ2n) is 16.5. The van der Waals surface area contributed by atoms with Crippen molar-refractivity contribution >= 4 is 47.0 Å². The largest absolute Gasteiger partial charge is 0.486 e. The van der Waals surface area contributed by atoms with Crippen molar-refractivity contribution in [1.82, 2.24) is 5.32 Å². The van der Waals surface area contributed by atoms with Crippen LogP contribution in [0.1, 0.15) is 80.1 Å². The topological polar surface area (TPSA) is 292 Å². The standard InChI is InChI=1S/C44H45N5O14/c45-44-47-41-32(42(59)48-44)46-18-49(41)28-4-2-1-3-23(28)30-26-14-25-31(34(55)24-13-19(15-52)5-7-22(24)33(25)54)40(61-16-21(53)10-12-51)38(26)62-43-37(58)35(56)36(57)39(63-43)29-8-6-20(9-11-50)27(30)17-60-29/h1-5,7,12-14,20-21,27,29-30,35-37,39,43,50,52-53,56-58H,6,8-11,15-18H2,(H2,45,48,59)/p+1. The van der Waals surface area contributed by atoms with Crippen LogP contribution in [0.4, 0.5) is 5.69 Å². The summed E-state index contributed by atoms with van der Waals surface area (Å²) in [6.45, 7) is -1.28. The molecule has 11 atom stereocenters. The lowest BCUT2D eigenvalue weighted by atomic mass is 9.70. The minimum Gasteiger partial charge on any atom is -0.486 e. The van der Waals surface area contributed by atoms with E-state index in [-0.39, 0.29) is 95.5 Å². The van der Waals surface area contributed by atoms with E-state index in [1.165, 1.54) is 24.3 Å². The van der Waals surface area contributed by atoms with Gasteiger partial charge in [0.2, 0.25) is 18.0 Å². The van der Waals surface area contributed by atoms with Crippen LogP contribution in [0.15, 0.2) is 58.5 Å². The summed E-state index contributed by atoms with van der Waals surface area (Å²) in [6, 6.07) is 13.0. The van der Waals surface area contributed by atoms with Crippen LogP contribution in [0.2, 0.25) is 0 Å². The summed E-state index contributed by atoms with van der Waals surface area (Å²) in [5.41, 5.74) is 1.31. The van der Waals surface area contributed by atoms with Crippen molar-refractivity contribution in [1.29, 1.82) is 5.41 Å². The molecule has 3 aromatic carbocycles. The van der Waals surface area contributed by atoms with Crippen LogP contribution in [-0.2, 0) is 25.7 Å². The molecule has 2 fully saturated rings. The van der Waals surface area contributed by atoms with Gasteiger partial charge < -0.3 is 54.4 Å². The Balaban J connectivity index is 1.35. The van der Waals surface area contributed by atoms with Gasteiger partial charge in [-0.2, -0.15) is 4.99 Å². The number of amidine groups is 1. The van der Waals surface area contributed by atoms with Gasteiger partial charge in [-0.05, 0) is 60.9 Å². The number of nitrogens with one attached hydrogen (secondary N) is 3. The number of hydrogen-bond donors (Lipinski definition) is 9. The first-order valence-electron chi connectivity index (χ1n) is 20.8. The van der Waals surface area contributed by atoms with Crippen LogP contribution in [0.5, 0.6) is 11.5 Å². The molecule has 5 aliphatic heterocycles. The molecule has 6 aliphatic rings. The molecule has 0 radical (unpaired) electrons. The second-order valence-corrected chi connectivity index (χ2v) is 16.5. The molecule has 9 rings (SSSR count). The van der Waals surface area contributed by atoms with Crippen molar-refractivity contribution in [2.75, 3.05) is 26.5 Å². The van der Waals surface area contributed by atoms with Crippen molar-refractivity contribution in [3.63, 3.8) is 0 Å². The molecular weight excluding hydrogens is 823 g/mol. The average molecular weight is 869 g/mol. The highest BCUT2D eigenvalue weighted by Gasteiger charge is 2.52. The number of carbonyl (C=O) groups is 4. The first-order valence-corrected chi connectivity index (χ1v) is 20.8. The number of ether oxygens (including phenoxy) is 4. The fraction of sp³-hybridized carbons (Fsp3) is 0.432. The number of rotatable bonds is 10. The zero-order chi connectivity index (χ0) is 44.3. The van der Waals surface area contributed by atoms with E-state index in [1.807, 2.05) is 6.07 Å². The number of hydrogen-bond acceptors (Lipinski definition) is 16. The number of aldehydes is 1. The van der Waals surface area contributed by atoms with E-state index in [0.29, 0.717) is 40.8 Å². The third-order valence-electron chi connectivity index (χ3n) is 12.9. The zero-order valence-electron chi connectivity index (χ0n) is 33.7. The van der Waals surface area contributed by atoms with E-state index in [9.17, 15) is 49.8 Å². The van der Waals surface area contributed by atoms with Crippen molar-refractivity contribution in [3.8, 4) is 11.5 Å². The molecule has 0 aromatic heterocycles. The number of carbonyl (C=O) groups excluding carboxylic acids is 4. The molecule has 0 spiro atoms. The van der Waals surface area contributed by atoms with Crippen molar-refractivity contribution in [2.24, 2.45) is 21.8 Å². The molecule has 19 heteroatoms. The van der Waals surface area contributed by atoms with Crippen LogP contribution < -0.4 is 19.7 Å². The lowest BCUT2D eigenvalue weighted by Crippen LogP contribution is -3.09. The van der Waals surface area contributed by atoms with E-state index in [4.69, 9.17) is 24.4 Å². The van der Waals surface area contributed by atoms with Gasteiger partial charge in [0.15, 0.2) is 29.7 Å². The Morgan fingerprint density at radius 2 is 1.78 bits per heavy atom. The van der Waals surface area contributed by atoms with Gasteiger partial charge in [0.25, 0.3) is 11.7 Å². The summed E-state index contributed by atoms with van der Waals surface area (Å²) < 4.78 is 25.9. The SMILES string of the molecule is N=C1N=C2C(=NC[NH+]2c2ccccc2C2c3cc4c(c(OCC(O)CC=O)c3OC3OC(C5CCC(CCO)C2CO5)C(O)C(O)C3O)C(=O)c2cc(CO)ccc2C4=O)C(=O)N1. The highest BCUT2D eigenvalue weighted by molar-refractivity contribution is 6.68. The predicted molar refractivity (Wildman–Crippen MR) is 217 cm³/mol. The first-order chi connectivity index (χ1) is 30.4. The highest BCUT2D eigenvalue weighted by atomic mass is 16.7. The monoisotopic (exact) mass is 868 g/mol. The van der Waals surface area contributed by atoms with E-state index in [0.717, 1.165) is 0 Å². The number of aliphatic hydroxyl groups excluding tert-OH is 6. The van der Waals surface area contributed by atoms with Crippen LogP contribution in [0.25, 0.3) is 0 Å². The summed E-state index contributed by atoms with van der Waals surface area (Å²) in [5.74, 6) is -4.52. The predicted octanol–water partition coefficient (Wildman–Crippen LogP) is -1.20. The van der Waals surface area contributed by atoms with Crippen LogP contribution in [-0.4, -0.2) is 141 Å². The average Bonchev–Trinajstić information content (AvgIpc) is 3.59. The third-order valence-corrected chi connectivity index (χ3v) is 12.9. The van der Waals surface area contributed by atoms with Gasteiger partial charge in [-0.1, -0.05) is 24.3 Å². The van der Waals surface area contributed by atoms with Crippen molar-refractivity contribution in [3.05, 3.63) is 87.5 Å². The summed E-state index contributed by atoms with van der Waals surface area (Å²) in [5, 5.41) is 76.2. The molecule has 1 aliphatic carbocycles. The minimum absolute atomic E-state index is 0.0115. The Morgan fingerprint density at radius 3 is 2.56 bits per heavy atom. The number of guanidine groups is 1.